The van der Waals surface area contributed by atoms with Gasteiger partial charge in [0.1, 0.15) is 5.82 Å². The third kappa shape index (κ3) is 3.47. The van der Waals surface area contributed by atoms with E-state index >= 15 is 0 Å². The predicted octanol–water partition coefficient (Wildman–Crippen LogP) is 3.97. The van der Waals surface area contributed by atoms with Gasteiger partial charge in [0.2, 0.25) is 5.95 Å². The molecule has 0 fully saturated rings. The molecule has 1 aromatic heterocycles. The lowest BCUT2D eigenvalue weighted by Crippen LogP contribution is -2.07. The smallest absolute Gasteiger partial charge is 0.224 e. The van der Waals surface area contributed by atoms with Crippen molar-refractivity contribution in [2.24, 2.45) is 0 Å². The molecule has 2 aromatic rings. The second kappa shape index (κ2) is 6.37. The molecule has 1 heterocycles. The van der Waals surface area contributed by atoms with Gasteiger partial charge in [0.25, 0.3) is 0 Å². The summed E-state index contributed by atoms with van der Waals surface area (Å²) in [5.41, 5.74) is 4.65. The van der Waals surface area contributed by atoms with Crippen LogP contribution < -0.4 is 10.6 Å². The van der Waals surface area contributed by atoms with Gasteiger partial charge in [-0.25, -0.2) is 4.98 Å². The number of benzene rings is 1. The first kappa shape index (κ1) is 14.3. The van der Waals surface area contributed by atoms with E-state index in [1.807, 2.05) is 13.1 Å². The van der Waals surface area contributed by atoms with E-state index in [4.69, 9.17) is 0 Å². The van der Waals surface area contributed by atoms with Gasteiger partial charge in [-0.15, -0.1) is 0 Å². The van der Waals surface area contributed by atoms with E-state index in [0.717, 1.165) is 30.0 Å². The van der Waals surface area contributed by atoms with Crippen LogP contribution in [0.15, 0.2) is 24.4 Å². The Balaban J connectivity index is 2.20. The molecule has 2 rings (SSSR count). The summed E-state index contributed by atoms with van der Waals surface area (Å²) >= 11 is 0. The van der Waals surface area contributed by atoms with Crippen LogP contribution in [0.3, 0.4) is 0 Å². The maximum Gasteiger partial charge on any atom is 0.224 e. The normalized spacial score (nSPS) is 10.4. The predicted molar refractivity (Wildman–Crippen MR) is 84.7 cm³/mol. The van der Waals surface area contributed by atoms with Gasteiger partial charge in [0, 0.05) is 24.0 Å². The number of nitrogens with one attached hydrogen (secondary N) is 2. The molecule has 0 unspecified atom stereocenters. The van der Waals surface area contributed by atoms with Crippen molar-refractivity contribution in [3.8, 4) is 0 Å². The summed E-state index contributed by atoms with van der Waals surface area (Å²) in [5.74, 6) is 1.52. The highest BCUT2D eigenvalue weighted by atomic mass is 15.1. The summed E-state index contributed by atoms with van der Waals surface area (Å²) < 4.78 is 0. The van der Waals surface area contributed by atoms with E-state index in [9.17, 15) is 0 Å². The fraction of sp³-hybridized carbons (Fsp3) is 0.375. The highest BCUT2D eigenvalue weighted by Crippen LogP contribution is 2.21. The molecule has 106 valence electrons. The SMILES string of the molecule is CCCNc1ncc(C)c(Nc2ccc(C)c(C)c2)n1. The standard InChI is InChI=1S/C16H22N4/c1-5-8-17-16-18-10-13(4)15(20-16)19-14-7-6-11(2)12(3)9-14/h6-7,9-10H,5,8H2,1-4H3,(H2,17,18,19,20). The largest absolute Gasteiger partial charge is 0.354 e. The molecule has 0 aliphatic carbocycles. The summed E-state index contributed by atoms with van der Waals surface area (Å²) in [6.07, 6.45) is 2.89. The molecule has 0 atom stereocenters. The summed E-state index contributed by atoms with van der Waals surface area (Å²) in [7, 11) is 0. The highest BCUT2D eigenvalue weighted by molar-refractivity contribution is 5.61. The summed E-state index contributed by atoms with van der Waals surface area (Å²) in [4.78, 5) is 8.81. The minimum atomic E-state index is 0.670. The van der Waals surface area contributed by atoms with Gasteiger partial charge in [-0.3, -0.25) is 0 Å². The third-order valence-corrected chi connectivity index (χ3v) is 3.27. The van der Waals surface area contributed by atoms with Crippen LogP contribution in [0.25, 0.3) is 0 Å². The molecule has 0 saturated heterocycles. The van der Waals surface area contributed by atoms with Gasteiger partial charge in [-0.2, -0.15) is 4.98 Å². The molecule has 4 heteroatoms. The molecule has 0 saturated carbocycles. The van der Waals surface area contributed by atoms with Crippen LogP contribution in [0, 0.1) is 20.8 Å². The molecule has 4 nitrogen and oxygen atoms in total. The van der Waals surface area contributed by atoms with Gasteiger partial charge in [-0.1, -0.05) is 13.0 Å². The highest BCUT2D eigenvalue weighted by Gasteiger charge is 2.04. The zero-order valence-electron chi connectivity index (χ0n) is 12.6. The second-order valence-electron chi connectivity index (χ2n) is 5.08. The molecule has 0 aliphatic heterocycles. The first-order valence-electron chi connectivity index (χ1n) is 7.02. The Morgan fingerprint density at radius 1 is 1.05 bits per heavy atom. The lowest BCUT2D eigenvalue weighted by atomic mass is 10.1. The van der Waals surface area contributed by atoms with E-state index in [0.29, 0.717) is 5.95 Å². The van der Waals surface area contributed by atoms with Crippen molar-refractivity contribution in [1.82, 2.24) is 9.97 Å². The van der Waals surface area contributed by atoms with Crippen LogP contribution in [0.4, 0.5) is 17.5 Å². The molecular formula is C16H22N4. The van der Waals surface area contributed by atoms with Crippen LogP contribution in [-0.2, 0) is 0 Å². The number of rotatable bonds is 5. The Bertz CT molecular complexity index is 593. The van der Waals surface area contributed by atoms with Crippen LogP contribution in [-0.4, -0.2) is 16.5 Å². The average molecular weight is 270 g/mol. The molecule has 0 spiro atoms. The third-order valence-electron chi connectivity index (χ3n) is 3.27. The Morgan fingerprint density at radius 2 is 1.85 bits per heavy atom. The number of hydrogen-bond acceptors (Lipinski definition) is 4. The number of aromatic nitrogens is 2. The van der Waals surface area contributed by atoms with Crippen molar-refractivity contribution in [1.29, 1.82) is 0 Å². The molecule has 1 aromatic carbocycles. The molecule has 0 radical (unpaired) electrons. The van der Waals surface area contributed by atoms with Crippen LogP contribution in [0.5, 0.6) is 0 Å². The van der Waals surface area contributed by atoms with Crippen molar-refractivity contribution in [2.75, 3.05) is 17.2 Å². The zero-order valence-corrected chi connectivity index (χ0v) is 12.6. The van der Waals surface area contributed by atoms with Crippen molar-refractivity contribution in [3.05, 3.63) is 41.1 Å². The van der Waals surface area contributed by atoms with Gasteiger partial charge in [0.05, 0.1) is 0 Å². The van der Waals surface area contributed by atoms with Crippen molar-refractivity contribution < 1.29 is 0 Å². The lowest BCUT2D eigenvalue weighted by molar-refractivity contribution is 0.950. The molecule has 0 amide bonds. The zero-order chi connectivity index (χ0) is 14.5. The van der Waals surface area contributed by atoms with Crippen LogP contribution in [0.2, 0.25) is 0 Å². The van der Waals surface area contributed by atoms with E-state index in [1.165, 1.54) is 11.1 Å². The topological polar surface area (TPSA) is 49.8 Å². The van der Waals surface area contributed by atoms with E-state index in [-0.39, 0.29) is 0 Å². The lowest BCUT2D eigenvalue weighted by Gasteiger charge is -2.11. The van der Waals surface area contributed by atoms with Gasteiger partial charge in [-0.05, 0) is 50.5 Å². The first-order chi connectivity index (χ1) is 9.60. The number of hydrogen-bond donors (Lipinski definition) is 2. The summed E-state index contributed by atoms with van der Waals surface area (Å²) in [5, 5.41) is 6.57. The molecule has 20 heavy (non-hydrogen) atoms. The Hall–Kier alpha value is -2.10. The maximum absolute atomic E-state index is 4.52. The second-order valence-corrected chi connectivity index (χ2v) is 5.08. The monoisotopic (exact) mass is 270 g/mol. The molecular weight excluding hydrogens is 248 g/mol. The number of aryl methyl sites for hydroxylation is 3. The number of anilines is 3. The average Bonchev–Trinajstić information content (AvgIpc) is 2.44. The van der Waals surface area contributed by atoms with Crippen molar-refractivity contribution in [2.45, 2.75) is 34.1 Å². The van der Waals surface area contributed by atoms with E-state index < -0.39 is 0 Å². The van der Waals surface area contributed by atoms with E-state index in [2.05, 4.69) is 59.6 Å². The van der Waals surface area contributed by atoms with Crippen LogP contribution in [0.1, 0.15) is 30.0 Å². The molecule has 0 aliphatic rings. The van der Waals surface area contributed by atoms with Gasteiger partial charge in [0.15, 0.2) is 0 Å². The molecule has 2 N–H and O–H groups in total. The molecule has 0 bridgehead atoms. The quantitative estimate of drug-likeness (QED) is 0.863. The van der Waals surface area contributed by atoms with Crippen LogP contribution >= 0.6 is 0 Å². The fourth-order valence-corrected chi connectivity index (χ4v) is 1.85. The van der Waals surface area contributed by atoms with Gasteiger partial charge < -0.3 is 10.6 Å². The summed E-state index contributed by atoms with van der Waals surface area (Å²) in [6, 6.07) is 6.32. The summed E-state index contributed by atoms with van der Waals surface area (Å²) in [6.45, 7) is 9.23. The van der Waals surface area contributed by atoms with E-state index in [1.54, 1.807) is 0 Å². The van der Waals surface area contributed by atoms with Gasteiger partial charge >= 0.3 is 0 Å². The Labute approximate surface area is 120 Å². The maximum atomic E-state index is 4.52. The minimum absolute atomic E-state index is 0.670. The minimum Gasteiger partial charge on any atom is -0.354 e. The first-order valence-corrected chi connectivity index (χ1v) is 7.02. The fourth-order valence-electron chi connectivity index (χ4n) is 1.85. The number of nitrogens with zero attached hydrogens (tertiary/aromatic N) is 2. The Kier molecular flexibility index (Phi) is 4.56. The van der Waals surface area contributed by atoms with Crippen molar-refractivity contribution >= 4 is 17.5 Å². The van der Waals surface area contributed by atoms with Crippen molar-refractivity contribution in [3.63, 3.8) is 0 Å². The Morgan fingerprint density at radius 3 is 2.55 bits per heavy atom.